The first-order valence-corrected chi connectivity index (χ1v) is 3.67. The molecule has 4 nitrogen and oxygen atoms in total. The number of hydrogen-bond acceptors (Lipinski definition) is 4. The molecular weight excluding hydrogens is 261 g/mol. The smallest absolute Gasteiger partial charge is 0.0719 e. The van der Waals surface area contributed by atoms with Crippen molar-refractivity contribution in [3.8, 4) is 0 Å². The summed E-state index contributed by atoms with van der Waals surface area (Å²) in [5.41, 5.74) is -0.306. The Morgan fingerprint density at radius 1 is 1.00 bits per heavy atom. The van der Waals surface area contributed by atoms with E-state index in [2.05, 4.69) is 13.2 Å². The van der Waals surface area contributed by atoms with E-state index in [1.807, 2.05) is 0 Å². The van der Waals surface area contributed by atoms with Gasteiger partial charge in [-0.05, 0) is 0 Å². The first-order chi connectivity index (χ1) is 5.95. The average Bonchev–Trinajstić information content (AvgIpc) is 2.08. The van der Waals surface area contributed by atoms with E-state index in [1.165, 1.54) is 0 Å². The van der Waals surface area contributed by atoms with Crippen molar-refractivity contribution < 1.29 is 53.1 Å². The summed E-state index contributed by atoms with van der Waals surface area (Å²) >= 11 is 0. The maximum absolute atomic E-state index is 8.43. The van der Waals surface area contributed by atoms with Gasteiger partial charge in [-0.15, -0.1) is 0 Å². The van der Waals surface area contributed by atoms with Crippen LogP contribution in [0.5, 0.6) is 0 Å². The monoisotopic (exact) mass is 281 g/mol. The summed E-state index contributed by atoms with van der Waals surface area (Å²) in [4.78, 5) is 0. The maximum atomic E-state index is 8.43. The van der Waals surface area contributed by atoms with Crippen LogP contribution in [0, 0.1) is 5.41 Å². The van der Waals surface area contributed by atoms with Crippen LogP contribution >= 0.6 is 0 Å². The van der Waals surface area contributed by atoms with Crippen LogP contribution in [-0.4, -0.2) is 33.6 Å². The van der Waals surface area contributed by atoms with Gasteiger partial charge in [-0.25, -0.2) is 0 Å². The molecular formula is C9H20O4Y. The Kier molecular flexibility index (Phi) is 31.9. The van der Waals surface area contributed by atoms with Gasteiger partial charge in [0.2, 0.25) is 0 Å². The standard InChI is InChI=1S/C5H12O2.2C2H4O.Y/c1-5(2,3-6)4-7;2*1-2-3;/h6-7H,3-4H2,1-2H3;2*2-3H,1H2;. The molecule has 14 heavy (non-hydrogen) atoms. The molecule has 0 heterocycles. The molecule has 0 fully saturated rings. The minimum atomic E-state index is -0.306. The Hall–Kier alpha value is 0.104. The second-order valence-corrected chi connectivity index (χ2v) is 2.85. The molecule has 0 aromatic carbocycles. The number of hydrogen-bond donors (Lipinski definition) is 4. The number of aliphatic hydroxyl groups excluding tert-OH is 4. The van der Waals surface area contributed by atoms with Crippen LogP contribution in [0.1, 0.15) is 13.8 Å². The zero-order chi connectivity index (χ0) is 11.3. The first kappa shape index (κ1) is 23.7. The Labute approximate surface area is 111 Å². The molecule has 0 atom stereocenters. The summed E-state index contributed by atoms with van der Waals surface area (Å²) in [6.45, 7) is 9.52. The van der Waals surface area contributed by atoms with E-state index in [-0.39, 0.29) is 51.3 Å². The molecule has 0 saturated heterocycles. The molecule has 0 saturated carbocycles. The molecule has 83 valence electrons. The Morgan fingerprint density at radius 3 is 1.14 bits per heavy atom. The zero-order valence-corrected chi connectivity index (χ0v) is 11.7. The second kappa shape index (κ2) is 18.8. The Bertz CT molecular complexity index is 103. The van der Waals surface area contributed by atoms with Crippen LogP contribution in [0.2, 0.25) is 0 Å². The number of rotatable bonds is 2. The molecule has 0 rings (SSSR count). The molecule has 0 unspecified atom stereocenters. The zero-order valence-electron chi connectivity index (χ0n) is 8.85. The minimum absolute atomic E-state index is 0. The maximum Gasteiger partial charge on any atom is 0.0719 e. The summed E-state index contributed by atoms with van der Waals surface area (Å²) in [5, 5.41) is 31.5. The van der Waals surface area contributed by atoms with Crippen molar-refractivity contribution in [3.05, 3.63) is 25.7 Å². The predicted molar refractivity (Wildman–Crippen MR) is 53.6 cm³/mol. The van der Waals surface area contributed by atoms with E-state index < -0.39 is 0 Å². The van der Waals surface area contributed by atoms with Crippen LogP contribution in [0.3, 0.4) is 0 Å². The molecule has 0 aromatic heterocycles. The van der Waals surface area contributed by atoms with Crippen molar-refractivity contribution in [1.29, 1.82) is 0 Å². The van der Waals surface area contributed by atoms with Crippen molar-refractivity contribution in [3.63, 3.8) is 0 Å². The van der Waals surface area contributed by atoms with Gasteiger partial charge in [-0.1, -0.05) is 27.0 Å². The molecule has 0 aliphatic rings. The topological polar surface area (TPSA) is 80.9 Å². The van der Waals surface area contributed by atoms with Gasteiger partial charge in [0.05, 0.1) is 25.7 Å². The molecule has 0 aliphatic carbocycles. The first-order valence-electron chi connectivity index (χ1n) is 3.67. The fourth-order valence-electron chi connectivity index (χ4n) is 0.0500. The molecule has 5 heteroatoms. The Morgan fingerprint density at radius 2 is 1.14 bits per heavy atom. The molecule has 0 spiro atoms. The molecule has 0 amide bonds. The van der Waals surface area contributed by atoms with E-state index in [1.54, 1.807) is 13.8 Å². The van der Waals surface area contributed by atoms with Crippen LogP contribution in [0.4, 0.5) is 0 Å². The SMILES string of the molecule is C=CO.C=CO.CC(C)(CO)CO.[Y]. The molecule has 0 aliphatic heterocycles. The number of aliphatic hydroxyl groups is 4. The fourth-order valence-corrected chi connectivity index (χ4v) is 0.0500. The largest absolute Gasteiger partial charge is 0.516 e. The summed E-state index contributed by atoms with van der Waals surface area (Å²) in [7, 11) is 0. The molecule has 1 radical (unpaired) electrons. The van der Waals surface area contributed by atoms with Gasteiger partial charge in [-0.2, -0.15) is 0 Å². The van der Waals surface area contributed by atoms with Crippen LogP contribution < -0.4 is 0 Å². The van der Waals surface area contributed by atoms with Crippen molar-refractivity contribution in [1.82, 2.24) is 0 Å². The fraction of sp³-hybridized carbons (Fsp3) is 0.556. The van der Waals surface area contributed by atoms with Gasteiger partial charge in [0.25, 0.3) is 0 Å². The second-order valence-electron chi connectivity index (χ2n) is 2.85. The van der Waals surface area contributed by atoms with Crippen molar-refractivity contribution in [2.24, 2.45) is 5.41 Å². The molecule has 4 N–H and O–H groups in total. The van der Waals surface area contributed by atoms with Crippen molar-refractivity contribution in [2.75, 3.05) is 13.2 Å². The Balaban J connectivity index is -0.0000000610. The quantitative estimate of drug-likeness (QED) is 0.576. The summed E-state index contributed by atoms with van der Waals surface area (Å²) in [5.74, 6) is 0. The van der Waals surface area contributed by atoms with E-state index in [9.17, 15) is 0 Å². The van der Waals surface area contributed by atoms with E-state index in [0.717, 1.165) is 12.5 Å². The van der Waals surface area contributed by atoms with Gasteiger partial charge in [-0.3, -0.25) is 0 Å². The van der Waals surface area contributed by atoms with Gasteiger partial charge < -0.3 is 20.4 Å². The van der Waals surface area contributed by atoms with Gasteiger partial charge in [0.1, 0.15) is 0 Å². The summed E-state index contributed by atoms with van der Waals surface area (Å²) in [6.07, 6.45) is 1.50. The summed E-state index contributed by atoms with van der Waals surface area (Å²) < 4.78 is 0. The van der Waals surface area contributed by atoms with E-state index in [0.29, 0.717) is 0 Å². The molecule has 0 bridgehead atoms. The van der Waals surface area contributed by atoms with Gasteiger partial charge in [0.15, 0.2) is 0 Å². The third-order valence-electron chi connectivity index (χ3n) is 0.856. The van der Waals surface area contributed by atoms with E-state index >= 15 is 0 Å². The minimum Gasteiger partial charge on any atom is -0.516 e. The van der Waals surface area contributed by atoms with Gasteiger partial charge >= 0.3 is 0 Å². The van der Waals surface area contributed by atoms with E-state index in [4.69, 9.17) is 20.4 Å². The van der Waals surface area contributed by atoms with Crippen LogP contribution in [0.15, 0.2) is 25.7 Å². The predicted octanol–water partition coefficient (Wildman–Crippen LogP) is 1.37. The van der Waals surface area contributed by atoms with Crippen molar-refractivity contribution >= 4 is 0 Å². The van der Waals surface area contributed by atoms with Crippen molar-refractivity contribution in [2.45, 2.75) is 13.8 Å². The average molecular weight is 281 g/mol. The van der Waals surface area contributed by atoms with Crippen LogP contribution in [0.25, 0.3) is 0 Å². The normalized spacial score (nSPS) is 7.71. The molecule has 0 aromatic rings. The third kappa shape index (κ3) is 40.1. The third-order valence-corrected chi connectivity index (χ3v) is 0.856. The summed E-state index contributed by atoms with van der Waals surface area (Å²) in [6, 6.07) is 0. The van der Waals surface area contributed by atoms with Gasteiger partial charge in [0, 0.05) is 38.1 Å². The van der Waals surface area contributed by atoms with Crippen LogP contribution in [-0.2, 0) is 32.7 Å².